The molecule has 0 atom stereocenters. The van der Waals surface area contributed by atoms with Gasteiger partial charge in [-0.2, -0.15) is 10.1 Å². The van der Waals surface area contributed by atoms with Crippen LogP contribution < -0.4 is 15.4 Å². The van der Waals surface area contributed by atoms with Gasteiger partial charge in [0, 0.05) is 24.6 Å². The summed E-state index contributed by atoms with van der Waals surface area (Å²) in [6.45, 7) is 0.620. The molecule has 116 valence electrons. The number of ether oxygens (including phenoxy) is 1. The summed E-state index contributed by atoms with van der Waals surface area (Å²) in [7, 11) is 1.63. The summed E-state index contributed by atoms with van der Waals surface area (Å²) in [5, 5.41) is 14.2. The molecule has 3 aromatic rings. The van der Waals surface area contributed by atoms with E-state index in [0.717, 1.165) is 17.0 Å². The molecule has 1 aromatic carbocycles. The van der Waals surface area contributed by atoms with Crippen LogP contribution in [0.1, 0.15) is 5.56 Å². The van der Waals surface area contributed by atoms with Crippen LogP contribution in [0.5, 0.6) is 5.75 Å². The van der Waals surface area contributed by atoms with Crippen molar-refractivity contribution < 1.29 is 4.74 Å². The first-order valence-electron chi connectivity index (χ1n) is 7.07. The van der Waals surface area contributed by atoms with Gasteiger partial charge in [0.05, 0.1) is 13.3 Å². The fraction of sp³-hybridized carbons (Fsp3) is 0.125. The number of hydrogen-bond donors (Lipinski definition) is 2. The quantitative estimate of drug-likeness (QED) is 0.724. The summed E-state index contributed by atoms with van der Waals surface area (Å²) < 4.78 is 5.13. The van der Waals surface area contributed by atoms with E-state index in [2.05, 4.69) is 30.8 Å². The maximum atomic E-state index is 5.13. The third-order valence-corrected chi connectivity index (χ3v) is 3.10. The Morgan fingerprint density at radius 3 is 2.70 bits per heavy atom. The van der Waals surface area contributed by atoms with Crippen molar-refractivity contribution in [2.24, 2.45) is 0 Å². The smallest absolute Gasteiger partial charge is 0.249 e. The van der Waals surface area contributed by atoms with Gasteiger partial charge in [0.25, 0.3) is 0 Å². The van der Waals surface area contributed by atoms with E-state index < -0.39 is 0 Å². The maximum Gasteiger partial charge on any atom is 0.249 e. The van der Waals surface area contributed by atoms with Crippen molar-refractivity contribution in [1.82, 2.24) is 20.2 Å². The molecule has 2 N–H and O–H groups in total. The van der Waals surface area contributed by atoms with Gasteiger partial charge in [-0.05, 0) is 35.9 Å². The number of benzene rings is 1. The van der Waals surface area contributed by atoms with Gasteiger partial charge in [-0.15, -0.1) is 5.10 Å². The molecule has 2 aromatic heterocycles. The molecule has 0 radical (unpaired) electrons. The molecule has 3 rings (SSSR count). The first-order valence-corrected chi connectivity index (χ1v) is 7.07. The predicted molar refractivity (Wildman–Crippen MR) is 87.7 cm³/mol. The predicted octanol–water partition coefficient (Wildman–Crippen LogP) is 2.63. The lowest BCUT2D eigenvalue weighted by atomic mass is 10.3. The second-order valence-corrected chi connectivity index (χ2v) is 4.73. The van der Waals surface area contributed by atoms with Crippen molar-refractivity contribution in [3.05, 3.63) is 60.6 Å². The molecule has 0 spiro atoms. The van der Waals surface area contributed by atoms with E-state index in [9.17, 15) is 0 Å². The highest BCUT2D eigenvalue weighted by atomic mass is 16.5. The van der Waals surface area contributed by atoms with Crippen LogP contribution in [0.15, 0.2) is 55.0 Å². The zero-order valence-corrected chi connectivity index (χ0v) is 12.6. The van der Waals surface area contributed by atoms with E-state index >= 15 is 0 Å². The Balaban J connectivity index is 1.64. The fourth-order valence-corrected chi connectivity index (χ4v) is 1.94. The first-order chi connectivity index (χ1) is 11.3. The highest BCUT2D eigenvalue weighted by molar-refractivity contribution is 5.55. The van der Waals surface area contributed by atoms with Crippen LogP contribution in [0.4, 0.5) is 17.5 Å². The Hall–Kier alpha value is -3.22. The summed E-state index contributed by atoms with van der Waals surface area (Å²) in [5.74, 6) is 1.85. The maximum absolute atomic E-state index is 5.13. The summed E-state index contributed by atoms with van der Waals surface area (Å²) in [5.41, 5.74) is 1.92. The van der Waals surface area contributed by atoms with E-state index in [1.807, 2.05) is 36.4 Å². The van der Waals surface area contributed by atoms with Gasteiger partial charge in [-0.1, -0.05) is 6.07 Å². The monoisotopic (exact) mass is 308 g/mol. The number of nitrogens with zero attached hydrogens (tertiary/aromatic N) is 4. The van der Waals surface area contributed by atoms with Crippen LogP contribution >= 0.6 is 0 Å². The molecule has 7 heteroatoms. The SMILES string of the molecule is COc1ccc(Nc2nncc(NCc3cccnc3)n2)cc1. The molecule has 2 heterocycles. The van der Waals surface area contributed by atoms with Crippen molar-refractivity contribution in [3.63, 3.8) is 0 Å². The lowest BCUT2D eigenvalue weighted by molar-refractivity contribution is 0.415. The topological polar surface area (TPSA) is 84.9 Å². The first kappa shape index (κ1) is 14.7. The second-order valence-electron chi connectivity index (χ2n) is 4.73. The van der Waals surface area contributed by atoms with Crippen molar-refractivity contribution in [2.45, 2.75) is 6.54 Å². The summed E-state index contributed by atoms with van der Waals surface area (Å²) in [6.07, 6.45) is 5.13. The molecule has 0 aliphatic rings. The highest BCUT2D eigenvalue weighted by Gasteiger charge is 2.02. The Bertz CT molecular complexity index is 748. The lowest BCUT2D eigenvalue weighted by Gasteiger charge is -2.08. The van der Waals surface area contributed by atoms with Crippen LogP contribution in [0.25, 0.3) is 0 Å². The normalized spacial score (nSPS) is 10.1. The van der Waals surface area contributed by atoms with Gasteiger partial charge < -0.3 is 15.4 Å². The number of nitrogens with one attached hydrogen (secondary N) is 2. The summed E-state index contributed by atoms with van der Waals surface area (Å²) in [4.78, 5) is 8.45. The van der Waals surface area contributed by atoms with Gasteiger partial charge in [-0.25, -0.2) is 0 Å². The number of hydrogen-bond acceptors (Lipinski definition) is 7. The van der Waals surface area contributed by atoms with Crippen LogP contribution in [-0.4, -0.2) is 27.3 Å². The molecule has 0 saturated heterocycles. The molecule has 0 amide bonds. The van der Waals surface area contributed by atoms with E-state index in [1.54, 1.807) is 25.7 Å². The Labute approximate surface area is 133 Å². The molecule has 0 unspecified atom stereocenters. The third kappa shape index (κ3) is 4.13. The van der Waals surface area contributed by atoms with Gasteiger partial charge in [0.15, 0.2) is 5.82 Å². The van der Waals surface area contributed by atoms with Gasteiger partial charge in [-0.3, -0.25) is 4.98 Å². The zero-order chi connectivity index (χ0) is 15.9. The van der Waals surface area contributed by atoms with Crippen LogP contribution in [0.2, 0.25) is 0 Å². The minimum atomic E-state index is 0.423. The lowest BCUT2D eigenvalue weighted by Crippen LogP contribution is -2.05. The largest absolute Gasteiger partial charge is 0.497 e. The van der Waals surface area contributed by atoms with Crippen molar-refractivity contribution in [2.75, 3.05) is 17.7 Å². The molecule has 0 aliphatic heterocycles. The molecular weight excluding hydrogens is 292 g/mol. The molecule has 23 heavy (non-hydrogen) atoms. The molecule has 0 fully saturated rings. The molecule has 7 nitrogen and oxygen atoms in total. The van der Waals surface area contributed by atoms with Crippen molar-refractivity contribution in [1.29, 1.82) is 0 Å². The molecule has 0 aliphatic carbocycles. The minimum absolute atomic E-state index is 0.423. The van der Waals surface area contributed by atoms with E-state index in [0.29, 0.717) is 18.3 Å². The van der Waals surface area contributed by atoms with Gasteiger partial charge >= 0.3 is 0 Å². The standard InChI is InChI=1S/C16H16N6O/c1-23-14-6-4-13(5-7-14)20-16-21-15(11-19-22-16)18-10-12-3-2-8-17-9-12/h2-9,11H,10H2,1H3,(H2,18,20,21,22). The number of anilines is 3. The second kappa shape index (κ2) is 7.17. The average molecular weight is 308 g/mol. The van der Waals surface area contributed by atoms with E-state index in [-0.39, 0.29) is 0 Å². The molecule has 0 bridgehead atoms. The minimum Gasteiger partial charge on any atom is -0.497 e. The van der Waals surface area contributed by atoms with Crippen LogP contribution in [0.3, 0.4) is 0 Å². The van der Waals surface area contributed by atoms with Crippen LogP contribution in [-0.2, 0) is 6.54 Å². The average Bonchev–Trinajstić information content (AvgIpc) is 2.62. The fourth-order valence-electron chi connectivity index (χ4n) is 1.94. The Morgan fingerprint density at radius 1 is 1.09 bits per heavy atom. The third-order valence-electron chi connectivity index (χ3n) is 3.10. The molecular formula is C16H16N6O. The number of aromatic nitrogens is 4. The number of methoxy groups -OCH3 is 1. The highest BCUT2D eigenvalue weighted by Crippen LogP contribution is 2.18. The zero-order valence-electron chi connectivity index (χ0n) is 12.6. The van der Waals surface area contributed by atoms with Crippen LogP contribution in [0, 0.1) is 0 Å². The van der Waals surface area contributed by atoms with E-state index in [4.69, 9.17) is 4.74 Å². The summed E-state index contributed by atoms with van der Waals surface area (Å²) in [6, 6.07) is 11.4. The number of pyridine rings is 1. The van der Waals surface area contributed by atoms with Crippen molar-refractivity contribution >= 4 is 17.5 Å². The Morgan fingerprint density at radius 2 is 1.96 bits per heavy atom. The number of rotatable bonds is 6. The Kier molecular flexibility index (Phi) is 4.58. The van der Waals surface area contributed by atoms with Crippen molar-refractivity contribution in [3.8, 4) is 5.75 Å². The van der Waals surface area contributed by atoms with Gasteiger partial charge in [0.2, 0.25) is 5.95 Å². The van der Waals surface area contributed by atoms with E-state index in [1.165, 1.54) is 0 Å². The summed E-state index contributed by atoms with van der Waals surface area (Å²) >= 11 is 0. The molecule has 0 saturated carbocycles. The van der Waals surface area contributed by atoms with Gasteiger partial charge in [0.1, 0.15) is 5.75 Å².